The van der Waals surface area contributed by atoms with Gasteiger partial charge in [-0.2, -0.15) is 0 Å². The Kier molecular flexibility index (Phi) is 4.44. The summed E-state index contributed by atoms with van der Waals surface area (Å²) in [6.45, 7) is 11.6. The van der Waals surface area contributed by atoms with Crippen LogP contribution in [0.1, 0.15) is 40.5 Å². The lowest BCUT2D eigenvalue weighted by Gasteiger charge is -2.40. The van der Waals surface area contributed by atoms with Crippen molar-refractivity contribution in [3.8, 4) is 0 Å². The Bertz CT molecular complexity index is 295. The van der Waals surface area contributed by atoms with Crippen LogP contribution in [0.15, 0.2) is 0 Å². The second-order valence-electron chi connectivity index (χ2n) is 6.57. The molecule has 5 atom stereocenters. The van der Waals surface area contributed by atoms with E-state index in [-0.39, 0.29) is 5.92 Å². The van der Waals surface area contributed by atoms with Gasteiger partial charge in [-0.25, -0.2) is 0 Å². The average molecular weight is 253 g/mol. The summed E-state index contributed by atoms with van der Waals surface area (Å²) in [6.07, 6.45) is 2.57. The van der Waals surface area contributed by atoms with Crippen molar-refractivity contribution in [1.29, 1.82) is 0 Å². The van der Waals surface area contributed by atoms with Crippen molar-refractivity contribution >= 4 is 5.78 Å². The molecule has 0 N–H and O–H groups in total. The van der Waals surface area contributed by atoms with E-state index < -0.39 is 0 Å². The number of ether oxygens (including phenoxy) is 1. The first-order valence-electron chi connectivity index (χ1n) is 7.36. The summed E-state index contributed by atoms with van der Waals surface area (Å²) in [5.74, 6) is 1.84. The Hall–Kier alpha value is -0.410. The van der Waals surface area contributed by atoms with E-state index in [0.29, 0.717) is 29.8 Å². The normalized spacial score (nSPS) is 43.1. The fourth-order valence-corrected chi connectivity index (χ4v) is 3.69. The molecular formula is C15H27NO2. The Morgan fingerprint density at radius 1 is 1.17 bits per heavy atom. The molecule has 1 saturated carbocycles. The smallest absolute Gasteiger partial charge is 0.137 e. The van der Waals surface area contributed by atoms with Crippen molar-refractivity contribution in [1.82, 2.24) is 4.90 Å². The van der Waals surface area contributed by atoms with Gasteiger partial charge in [0.15, 0.2) is 0 Å². The summed E-state index contributed by atoms with van der Waals surface area (Å²) < 4.78 is 5.75. The van der Waals surface area contributed by atoms with Crippen molar-refractivity contribution in [3.63, 3.8) is 0 Å². The van der Waals surface area contributed by atoms with Gasteiger partial charge in [0.05, 0.1) is 12.2 Å². The zero-order valence-corrected chi connectivity index (χ0v) is 12.2. The van der Waals surface area contributed by atoms with Crippen LogP contribution in [0.3, 0.4) is 0 Å². The monoisotopic (exact) mass is 253 g/mol. The topological polar surface area (TPSA) is 29.5 Å². The quantitative estimate of drug-likeness (QED) is 0.756. The third-order valence-corrected chi connectivity index (χ3v) is 4.37. The highest BCUT2D eigenvalue weighted by Crippen LogP contribution is 2.32. The van der Waals surface area contributed by atoms with E-state index in [4.69, 9.17) is 4.74 Å². The zero-order chi connectivity index (χ0) is 13.3. The lowest BCUT2D eigenvalue weighted by atomic mass is 9.74. The maximum Gasteiger partial charge on any atom is 0.137 e. The van der Waals surface area contributed by atoms with Crippen LogP contribution in [0.25, 0.3) is 0 Å². The number of carbonyl (C=O) groups is 1. The number of nitrogens with zero attached hydrogens (tertiary/aromatic N) is 1. The number of ketones is 1. The molecule has 3 unspecified atom stereocenters. The Labute approximate surface area is 111 Å². The van der Waals surface area contributed by atoms with E-state index >= 15 is 0 Å². The summed E-state index contributed by atoms with van der Waals surface area (Å²) in [4.78, 5) is 14.6. The molecule has 3 heteroatoms. The molecule has 0 aromatic rings. The number of hydrogen-bond donors (Lipinski definition) is 0. The first kappa shape index (κ1) is 14.0. The van der Waals surface area contributed by atoms with Gasteiger partial charge in [0.2, 0.25) is 0 Å². The molecule has 1 saturated heterocycles. The van der Waals surface area contributed by atoms with E-state index in [2.05, 4.69) is 32.6 Å². The van der Waals surface area contributed by atoms with Crippen LogP contribution < -0.4 is 0 Å². The van der Waals surface area contributed by atoms with Gasteiger partial charge in [0, 0.05) is 32.0 Å². The van der Waals surface area contributed by atoms with Gasteiger partial charge in [0.25, 0.3) is 0 Å². The van der Waals surface area contributed by atoms with Crippen molar-refractivity contribution in [2.45, 2.75) is 52.7 Å². The SMILES string of the molecule is CC1CC(=O)C(CN2C[C@@H](C)O[C@@H](C)C2)C(C)C1. The molecule has 0 spiro atoms. The van der Waals surface area contributed by atoms with Gasteiger partial charge in [-0.3, -0.25) is 9.69 Å². The standard InChI is InChI=1S/C15H27NO2/c1-10-5-11(2)14(15(17)6-10)9-16-7-12(3)18-13(4)8-16/h10-14H,5-9H2,1-4H3/t10?,11?,12-,13+,14?. The number of Topliss-reactive ketones (excluding diaryl/α,β-unsaturated/α-hetero) is 1. The minimum atomic E-state index is 0.249. The first-order chi connectivity index (χ1) is 8.45. The number of rotatable bonds is 2. The molecule has 0 amide bonds. The van der Waals surface area contributed by atoms with Crippen LogP contribution in [0, 0.1) is 17.8 Å². The Balaban J connectivity index is 1.93. The van der Waals surface area contributed by atoms with E-state index in [1.54, 1.807) is 0 Å². The highest BCUT2D eigenvalue weighted by atomic mass is 16.5. The summed E-state index contributed by atoms with van der Waals surface area (Å²) >= 11 is 0. The maximum atomic E-state index is 12.2. The van der Waals surface area contributed by atoms with Crippen LogP contribution in [0.2, 0.25) is 0 Å². The minimum absolute atomic E-state index is 0.249. The van der Waals surface area contributed by atoms with E-state index in [9.17, 15) is 4.79 Å². The predicted octanol–water partition coefficient (Wildman–Crippen LogP) is 2.35. The van der Waals surface area contributed by atoms with Gasteiger partial charge >= 0.3 is 0 Å². The molecule has 1 aliphatic heterocycles. The predicted molar refractivity (Wildman–Crippen MR) is 72.5 cm³/mol. The first-order valence-corrected chi connectivity index (χ1v) is 7.36. The van der Waals surface area contributed by atoms with Crippen LogP contribution in [0.5, 0.6) is 0 Å². The van der Waals surface area contributed by atoms with Gasteiger partial charge in [0.1, 0.15) is 5.78 Å². The number of hydrogen-bond acceptors (Lipinski definition) is 3. The number of carbonyl (C=O) groups excluding carboxylic acids is 1. The van der Waals surface area contributed by atoms with E-state index in [1.165, 1.54) is 6.42 Å². The minimum Gasteiger partial charge on any atom is -0.373 e. The fourth-order valence-electron chi connectivity index (χ4n) is 3.69. The summed E-state index contributed by atoms with van der Waals surface area (Å²) in [6, 6.07) is 0. The van der Waals surface area contributed by atoms with Crippen molar-refractivity contribution < 1.29 is 9.53 Å². The largest absolute Gasteiger partial charge is 0.373 e. The van der Waals surface area contributed by atoms with Gasteiger partial charge in [-0.15, -0.1) is 0 Å². The molecule has 104 valence electrons. The average Bonchev–Trinajstić information content (AvgIpc) is 2.22. The molecule has 1 heterocycles. The molecule has 0 bridgehead atoms. The molecule has 2 aliphatic rings. The molecular weight excluding hydrogens is 226 g/mol. The summed E-state index contributed by atoms with van der Waals surface area (Å²) in [5.41, 5.74) is 0. The lowest BCUT2D eigenvalue weighted by Crippen LogP contribution is -2.49. The summed E-state index contributed by atoms with van der Waals surface area (Å²) in [5, 5.41) is 0. The molecule has 0 radical (unpaired) electrons. The zero-order valence-electron chi connectivity index (χ0n) is 12.2. The highest BCUT2D eigenvalue weighted by molar-refractivity contribution is 5.82. The third-order valence-electron chi connectivity index (χ3n) is 4.37. The third kappa shape index (κ3) is 3.33. The molecule has 2 fully saturated rings. The molecule has 0 aromatic heterocycles. The molecule has 3 nitrogen and oxygen atoms in total. The van der Waals surface area contributed by atoms with Crippen LogP contribution in [-0.2, 0) is 9.53 Å². The van der Waals surface area contributed by atoms with Crippen molar-refractivity contribution in [2.24, 2.45) is 17.8 Å². The van der Waals surface area contributed by atoms with E-state index in [0.717, 1.165) is 26.1 Å². The fraction of sp³-hybridized carbons (Fsp3) is 0.933. The second-order valence-corrected chi connectivity index (χ2v) is 6.57. The highest BCUT2D eigenvalue weighted by Gasteiger charge is 2.34. The van der Waals surface area contributed by atoms with Crippen LogP contribution in [0.4, 0.5) is 0 Å². The lowest BCUT2D eigenvalue weighted by molar-refractivity contribution is -0.131. The molecule has 18 heavy (non-hydrogen) atoms. The molecule has 2 rings (SSSR count). The maximum absolute atomic E-state index is 12.2. The van der Waals surface area contributed by atoms with Gasteiger partial charge < -0.3 is 4.74 Å². The number of morpholine rings is 1. The van der Waals surface area contributed by atoms with Crippen molar-refractivity contribution in [3.05, 3.63) is 0 Å². The molecule has 1 aliphatic carbocycles. The second kappa shape index (κ2) is 5.70. The Morgan fingerprint density at radius 2 is 1.78 bits per heavy atom. The summed E-state index contributed by atoms with van der Waals surface area (Å²) in [7, 11) is 0. The van der Waals surface area contributed by atoms with Crippen LogP contribution >= 0.6 is 0 Å². The Morgan fingerprint density at radius 3 is 2.33 bits per heavy atom. The van der Waals surface area contributed by atoms with Crippen LogP contribution in [-0.4, -0.2) is 42.5 Å². The van der Waals surface area contributed by atoms with Crippen molar-refractivity contribution in [2.75, 3.05) is 19.6 Å². The van der Waals surface area contributed by atoms with Gasteiger partial charge in [-0.1, -0.05) is 13.8 Å². The van der Waals surface area contributed by atoms with E-state index in [1.807, 2.05) is 0 Å². The van der Waals surface area contributed by atoms with Gasteiger partial charge in [-0.05, 0) is 32.1 Å². The molecule has 0 aromatic carbocycles.